The van der Waals surface area contributed by atoms with E-state index in [1.54, 1.807) is 0 Å². The van der Waals surface area contributed by atoms with Crippen LogP contribution in [-0.2, 0) is 6.54 Å². The molecule has 1 heterocycles. The first kappa shape index (κ1) is 13.2. The second kappa shape index (κ2) is 4.79. The Morgan fingerprint density at radius 2 is 1.95 bits per heavy atom. The van der Waals surface area contributed by atoms with Crippen LogP contribution in [0, 0.1) is 11.6 Å². The Labute approximate surface area is 106 Å². The van der Waals surface area contributed by atoms with Gasteiger partial charge in [0, 0.05) is 24.2 Å². The number of pyridine rings is 1. The fourth-order valence-corrected chi connectivity index (χ4v) is 1.96. The monoisotopic (exact) mass is 267 g/mol. The lowest BCUT2D eigenvalue weighted by Gasteiger charge is -2.11. The van der Waals surface area contributed by atoms with E-state index in [0.29, 0.717) is 13.0 Å². The number of carboxylic acid groups (broad SMARTS) is 1. The lowest BCUT2D eigenvalue weighted by atomic mass is 10.1. The van der Waals surface area contributed by atoms with Crippen LogP contribution in [0.2, 0.25) is 0 Å². The van der Waals surface area contributed by atoms with Crippen molar-refractivity contribution in [2.75, 3.05) is 0 Å². The summed E-state index contributed by atoms with van der Waals surface area (Å²) in [5, 5.41) is 8.83. The van der Waals surface area contributed by atoms with Crippen molar-refractivity contribution in [2.24, 2.45) is 0 Å². The zero-order valence-corrected chi connectivity index (χ0v) is 10.1. The lowest BCUT2D eigenvalue weighted by Crippen LogP contribution is -2.19. The summed E-state index contributed by atoms with van der Waals surface area (Å²) in [6.45, 7) is 2.26. The van der Waals surface area contributed by atoms with Crippen molar-refractivity contribution in [3.8, 4) is 0 Å². The van der Waals surface area contributed by atoms with Gasteiger partial charge in [-0.1, -0.05) is 6.92 Å². The molecule has 100 valence electrons. The average molecular weight is 267 g/mol. The van der Waals surface area contributed by atoms with Crippen LogP contribution in [0.5, 0.6) is 0 Å². The lowest BCUT2D eigenvalue weighted by molar-refractivity contribution is 0.0695. The molecule has 1 aromatic heterocycles. The van der Waals surface area contributed by atoms with Gasteiger partial charge < -0.3 is 9.67 Å². The number of halogens is 2. The highest BCUT2D eigenvalue weighted by molar-refractivity contribution is 5.92. The molecular formula is C13H11F2NO3. The molecular weight excluding hydrogens is 256 g/mol. The minimum Gasteiger partial charge on any atom is -0.477 e. The summed E-state index contributed by atoms with van der Waals surface area (Å²) in [6, 6.07) is 1.65. The normalized spacial score (nSPS) is 10.9. The second-order valence-electron chi connectivity index (χ2n) is 4.15. The third kappa shape index (κ3) is 2.21. The molecule has 0 aliphatic rings. The molecule has 0 atom stereocenters. The summed E-state index contributed by atoms with van der Waals surface area (Å²) in [5.41, 5.74) is -1.07. The number of aryl methyl sites for hydroxylation is 1. The predicted molar refractivity (Wildman–Crippen MR) is 65.4 cm³/mol. The SMILES string of the molecule is CCCn1cc(C(=O)O)c(=O)c2cc(F)c(F)cc21. The molecule has 0 amide bonds. The van der Waals surface area contributed by atoms with Crippen LogP contribution in [0.3, 0.4) is 0 Å². The van der Waals surface area contributed by atoms with Gasteiger partial charge in [0.05, 0.1) is 5.52 Å². The van der Waals surface area contributed by atoms with Crippen molar-refractivity contribution in [2.45, 2.75) is 19.9 Å². The quantitative estimate of drug-likeness (QED) is 0.928. The van der Waals surface area contributed by atoms with Crippen LogP contribution >= 0.6 is 0 Å². The highest BCUT2D eigenvalue weighted by Crippen LogP contribution is 2.17. The third-order valence-electron chi connectivity index (χ3n) is 2.82. The fourth-order valence-electron chi connectivity index (χ4n) is 1.96. The molecule has 0 saturated heterocycles. The summed E-state index contributed by atoms with van der Waals surface area (Å²) in [4.78, 5) is 22.9. The summed E-state index contributed by atoms with van der Waals surface area (Å²) < 4.78 is 27.9. The minimum atomic E-state index is -1.39. The number of benzene rings is 1. The van der Waals surface area contributed by atoms with Gasteiger partial charge in [-0.25, -0.2) is 13.6 Å². The number of hydrogen-bond acceptors (Lipinski definition) is 2. The van der Waals surface area contributed by atoms with Gasteiger partial charge in [-0.15, -0.1) is 0 Å². The van der Waals surface area contributed by atoms with E-state index < -0.39 is 28.6 Å². The van der Waals surface area contributed by atoms with Gasteiger partial charge >= 0.3 is 5.97 Å². The summed E-state index contributed by atoms with van der Waals surface area (Å²) in [6.07, 6.45) is 1.82. The molecule has 0 spiro atoms. The number of aromatic carboxylic acids is 1. The molecule has 19 heavy (non-hydrogen) atoms. The number of aromatic nitrogens is 1. The topological polar surface area (TPSA) is 59.3 Å². The molecule has 0 radical (unpaired) electrons. The van der Waals surface area contributed by atoms with E-state index in [2.05, 4.69) is 0 Å². The van der Waals surface area contributed by atoms with Crippen molar-refractivity contribution in [1.82, 2.24) is 4.57 Å². The molecule has 4 nitrogen and oxygen atoms in total. The number of carboxylic acids is 1. The maximum absolute atomic E-state index is 13.3. The van der Waals surface area contributed by atoms with E-state index in [1.807, 2.05) is 6.92 Å². The van der Waals surface area contributed by atoms with Gasteiger partial charge in [-0.2, -0.15) is 0 Å². The minimum absolute atomic E-state index is 0.132. The van der Waals surface area contributed by atoms with E-state index in [4.69, 9.17) is 5.11 Å². The van der Waals surface area contributed by atoms with Gasteiger partial charge in [0.25, 0.3) is 0 Å². The molecule has 2 rings (SSSR count). The van der Waals surface area contributed by atoms with Crippen LogP contribution < -0.4 is 5.43 Å². The van der Waals surface area contributed by atoms with Gasteiger partial charge in [0.1, 0.15) is 5.56 Å². The standard InChI is InChI=1S/C13H11F2NO3/c1-2-3-16-6-8(13(18)19)12(17)7-4-9(14)10(15)5-11(7)16/h4-6H,2-3H2,1H3,(H,18,19). The molecule has 6 heteroatoms. The first-order valence-corrected chi connectivity index (χ1v) is 5.71. The van der Waals surface area contributed by atoms with Gasteiger partial charge in [0.2, 0.25) is 5.43 Å². The molecule has 0 saturated carbocycles. The molecule has 1 N–H and O–H groups in total. The van der Waals surface area contributed by atoms with Crippen LogP contribution in [0.1, 0.15) is 23.7 Å². The van der Waals surface area contributed by atoms with Crippen molar-refractivity contribution in [3.63, 3.8) is 0 Å². The summed E-state index contributed by atoms with van der Waals surface area (Å²) in [5.74, 6) is -3.63. The van der Waals surface area contributed by atoms with Crippen molar-refractivity contribution in [3.05, 3.63) is 45.8 Å². The number of rotatable bonds is 3. The molecule has 1 aromatic carbocycles. The summed E-state index contributed by atoms with van der Waals surface area (Å²) >= 11 is 0. The largest absolute Gasteiger partial charge is 0.477 e. The van der Waals surface area contributed by atoms with Crippen molar-refractivity contribution in [1.29, 1.82) is 0 Å². The molecule has 0 bridgehead atoms. The Kier molecular flexibility index (Phi) is 3.33. The zero-order chi connectivity index (χ0) is 14.2. The first-order valence-electron chi connectivity index (χ1n) is 5.71. The Balaban J connectivity index is 2.92. The number of carbonyl (C=O) groups is 1. The number of hydrogen-bond donors (Lipinski definition) is 1. The molecule has 0 aliphatic heterocycles. The predicted octanol–water partition coefficient (Wildman–Crippen LogP) is 2.39. The van der Waals surface area contributed by atoms with Crippen molar-refractivity contribution >= 4 is 16.9 Å². The van der Waals surface area contributed by atoms with Gasteiger partial charge in [-0.05, 0) is 12.5 Å². The Morgan fingerprint density at radius 1 is 1.32 bits per heavy atom. The van der Waals surface area contributed by atoms with Gasteiger partial charge in [-0.3, -0.25) is 4.79 Å². The fraction of sp³-hybridized carbons (Fsp3) is 0.231. The van der Waals surface area contributed by atoms with E-state index in [0.717, 1.165) is 18.3 Å². The van der Waals surface area contributed by atoms with E-state index in [9.17, 15) is 18.4 Å². The second-order valence-corrected chi connectivity index (χ2v) is 4.15. The van der Waals surface area contributed by atoms with Crippen LogP contribution in [0.25, 0.3) is 10.9 Å². The third-order valence-corrected chi connectivity index (χ3v) is 2.82. The highest BCUT2D eigenvalue weighted by atomic mass is 19.2. The number of nitrogens with zero attached hydrogens (tertiary/aromatic N) is 1. The smallest absolute Gasteiger partial charge is 0.341 e. The maximum Gasteiger partial charge on any atom is 0.341 e. The van der Waals surface area contributed by atoms with Crippen LogP contribution in [0.15, 0.2) is 23.1 Å². The average Bonchev–Trinajstić information content (AvgIpc) is 2.35. The molecule has 0 fully saturated rings. The van der Waals surface area contributed by atoms with Crippen LogP contribution in [0.4, 0.5) is 8.78 Å². The van der Waals surface area contributed by atoms with Crippen molar-refractivity contribution < 1.29 is 18.7 Å². The molecule has 2 aromatic rings. The van der Waals surface area contributed by atoms with E-state index in [-0.39, 0.29) is 10.9 Å². The summed E-state index contributed by atoms with van der Waals surface area (Å²) in [7, 11) is 0. The molecule has 0 unspecified atom stereocenters. The Bertz CT molecular complexity index is 722. The first-order chi connectivity index (χ1) is 8.95. The van der Waals surface area contributed by atoms with E-state index in [1.165, 1.54) is 4.57 Å². The van der Waals surface area contributed by atoms with Crippen LogP contribution in [-0.4, -0.2) is 15.6 Å². The van der Waals surface area contributed by atoms with E-state index >= 15 is 0 Å². The maximum atomic E-state index is 13.3. The highest BCUT2D eigenvalue weighted by Gasteiger charge is 2.16. The number of fused-ring (bicyclic) bond motifs is 1. The molecule has 0 aliphatic carbocycles. The van der Waals surface area contributed by atoms with Gasteiger partial charge in [0.15, 0.2) is 11.6 Å². The Morgan fingerprint density at radius 3 is 2.53 bits per heavy atom. The Hall–Kier alpha value is -2.24. The zero-order valence-electron chi connectivity index (χ0n) is 10.1.